The summed E-state index contributed by atoms with van der Waals surface area (Å²) < 4.78 is 67.1. The normalized spacial score (nSPS) is 12.0. The average molecular weight is 256 g/mol. The lowest BCUT2D eigenvalue weighted by Crippen LogP contribution is -2.15. The molecule has 1 aromatic heterocycles. The first-order valence-corrected chi connectivity index (χ1v) is 4.44. The molecule has 8 heteroatoms. The van der Waals surface area contributed by atoms with Crippen LogP contribution in [0, 0.1) is 0 Å². The van der Waals surface area contributed by atoms with Crippen LogP contribution in [0.15, 0.2) is 6.07 Å². The number of halogens is 5. The molecule has 0 atom stereocenters. The molecular weight excluding hydrogens is 247 g/mol. The number of pyridine rings is 1. The Bertz CT molecular complexity index is 405. The predicted molar refractivity (Wildman–Crippen MR) is 48.6 cm³/mol. The maximum atomic E-state index is 12.5. The van der Waals surface area contributed by atoms with Crippen molar-refractivity contribution in [3.8, 4) is 5.75 Å². The fourth-order valence-corrected chi connectivity index (χ4v) is 1.27. The van der Waals surface area contributed by atoms with Crippen LogP contribution in [0.2, 0.25) is 0 Å². The third kappa shape index (κ3) is 2.82. The van der Waals surface area contributed by atoms with Crippen LogP contribution >= 0.6 is 0 Å². The van der Waals surface area contributed by atoms with Gasteiger partial charge >= 0.3 is 6.18 Å². The maximum Gasteiger partial charge on any atom is 0.418 e. The van der Waals surface area contributed by atoms with E-state index in [0.29, 0.717) is 6.07 Å². The van der Waals surface area contributed by atoms with E-state index in [2.05, 4.69) is 9.72 Å². The number of nitrogens with two attached hydrogens (primary N) is 1. The lowest BCUT2D eigenvalue weighted by Gasteiger charge is -2.15. The molecule has 0 spiro atoms. The molecule has 0 fully saturated rings. The number of hydrogen-bond donors (Lipinski definition) is 1. The summed E-state index contributed by atoms with van der Waals surface area (Å²) in [6.45, 7) is -0.291. The van der Waals surface area contributed by atoms with Crippen molar-refractivity contribution in [3.05, 3.63) is 23.0 Å². The van der Waals surface area contributed by atoms with E-state index in [4.69, 9.17) is 5.73 Å². The van der Waals surface area contributed by atoms with Crippen LogP contribution in [-0.2, 0) is 12.7 Å². The van der Waals surface area contributed by atoms with Crippen molar-refractivity contribution in [1.29, 1.82) is 0 Å². The molecule has 3 nitrogen and oxygen atoms in total. The van der Waals surface area contributed by atoms with Crippen molar-refractivity contribution < 1.29 is 26.7 Å². The van der Waals surface area contributed by atoms with Crippen LogP contribution in [0.1, 0.15) is 23.4 Å². The van der Waals surface area contributed by atoms with E-state index < -0.39 is 23.9 Å². The molecule has 17 heavy (non-hydrogen) atoms. The molecule has 0 aliphatic rings. The van der Waals surface area contributed by atoms with Crippen molar-refractivity contribution in [1.82, 2.24) is 4.98 Å². The zero-order valence-corrected chi connectivity index (χ0v) is 8.68. The second-order valence-electron chi connectivity index (χ2n) is 3.07. The average Bonchev–Trinajstić information content (AvgIpc) is 2.25. The van der Waals surface area contributed by atoms with Gasteiger partial charge in [-0.05, 0) is 6.07 Å². The van der Waals surface area contributed by atoms with Gasteiger partial charge < -0.3 is 10.5 Å². The molecule has 1 rings (SSSR count). The molecule has 0 aromatic carbocycles. The molecule has 0 amide bonds. The van der Waals surface area contributed by atoms with Crippen LogP contribution in [0.5, 0.6) is 5.75 Å². The predicted octanol–water partition coefficient (Wildman–Crippen LogP) is 2.51. The van der Waals surface area contributed by atoms with E-state index in [1.165, 1.54) is 0 Å². The van der Waals surface area contributed by atoms with Gasteiger partial charge in [0.15, 0.2) is 0 Å². The highest BCUT2D eigenvalue weighted by Crippen LogP contribution is 2.38. The second-order valence-corrected chi connectivity index (χ2v) is 3.07. The Morgan fingerprint density at radius 2 is 2.00 bits per heavy atom. The van der Waals surface area contributed by atoms with E-state index in [1.54, 1.807) is 0 Å². The monoisotopic (exact) mass is 256 g/mol. The SMILES string of the molecule is COc1cc(C(F)(F)F)c(C(F)F)nc1CN. The number of aromatic nitrogens is 1. The lowest BCUT2D eigenvalue weighted by atomic mass is 10.1. The van der Waals surface area contributed by atoms with Gasteiger partial charge in [0, 0.05) is 6.54 Å². The lowest BCUT2D eigenvalue weighted by molar-refractivity contribution is -0.140. The number of methoxy groups -OCH3 is 1. The van der Waals surface area contributed by atoms with E-state index in [1.807, 2.05) is 0 Å². The van der Waals surface area contributed by atoms with Crippen LogP contribution < -0.4 is 10.5 Å². The van der Waals surface area contributed by atoms with E-state index >= 15 is 0 Å². The third-order valence-electron chi connectivity index (χ3n) is 2.02. The summed E-state index contributed by atoms with van der Waals surface area (Å²) in [6, 6.07) is 0.483. The van der Waals surface area contributed by atoms with Crippen molar-refractivity contribution in [2.75, 3.05) is 7.11 Å². The molecule has 0 unspecified atom stereocenters. The summed E-state index contributed by atoms with van der Waals surface area (Å²) in [5, 5.41) is 0. The fraction of sp³-hybridized carbons (Fsp3) is 0.444. The highest BCUT2D eigenvalue weighted by atomic mass is 19.4. The first-order chi connectivity index (χ1) is 7.81. The zero-order valence-electron chi connectivity index (χ0n) is 8.68. The summed E-state index contributed by atoms with van der Waals surface area (Å²) in [5.74, 6) is -0.260. The molecule has 96 valence electrons. The van der Waals surface area contributed by atoms with Gasteiger partial charge in [-0.25, -0.2) is 13.8 Å². The minimum Gasteiger partial charge on any atom is -0.495 e. The standard InChI is InChI=1S/C9H9F5N2O/c1-17-6-2-4(9(12,13)14)7(8(10)11)16-5(6)3-15/h2,8H,3,15H2,1H3. The largest absolute Gasteiger partial charge is 0.495 e. The van der Waals surface area contributed by atoms with Crippen LogP contribution in [-0.4, -0.2) is 12.1 Å². The van der Waals surface area contributed by atoms with Gasteiger partial charge in [0.2, 0.25) is 0 Å². The summed E-state index contributed by atoms with van der Waals surface area (Å²) >= 11 is 0. The van der Waals surface area contributed by atoms with E-state index in [9.17, 15) is 22.0 Å². The number of nitrogens with zero attached hydrogens (tertiary/aromatic N) is 1. The van der Waals surface area contributed by atoms with Gasteiger partial charge in [0.25, 0.3) is 6.43 Å². The Morgan fingerprint density at radius 3 is 2.35 bits per heavy atom. The minimum atomic E-state index is -4.92. The van der Waals surface area contributed by atoms with Gasteiger partial charge in [-0.15, -0.1) is 0 Å². The quantitative estimate of drug-likeness (QED) is 0.845. The Labute approximate surface area is 93.4 Å². The Hall–Kier alpha value is -1.44. The number of alkyl halides is 5. The highest BCUT2D eigenvalue weighted by molar-refractivity contribution is 5.37. The van der Waals surface area contributed by atoms with Crippen molar-refractivity contribution >= 4 is 0 Å². The molecule has 0 saturated carbocycles. The maximum absolute atomic E-state index is 12.5. The molecule has 0 radical (unpaired) electrons. The topological polar surface area (TPSA) is 48.1 Å². The second kappa shape index (κ2) is 4.82. The van der Waals surface area contributed by atoms with Gasteiger partial charge in [0.05, 0.1) is 18.4 Å². The van der Waals surface area contributed by atoms with E-state index in [-0.39, 0.29) is 18.0 Å². The minimum absolute atomic E-state index is 0.143. The first kappa shape index (κ1) is 13.6. The molecule has 0 saturated heterocycles. The molecule has 0 aliphatic carbocycles. The molecule has 0 bridgehead atoms. The molecule has 1 heterocycles. The smallest absolute Gasteiger partial charge is 0.418 e. The Kier molecular flexibility index (Phi) is 3.87. The Morgan fingerprint density at radius 1 is 1.41 bits per heavy atom. The van der Waals surface area contributed by atoms with Gasteiger partial charge in [0.1, 0.15) is 11.4 Å². The Balaban J connectivity index is 3.46. The van der Waals surface area contributed by atoms with Crippen LogP contribution in [0.25, 0.3) is 0 Å². The first-order valence-electron chi connectivity index (χ1n) is 4.44. The van der Waals surface area contributed by atoms with Gasteiger partial charge in [-0.3, -0.25) is 0 Å². The fourth-order valence-electron chi connectivity index (χ4n) is 1.27. The number of hydrogen-bond acceptors (Lipinski definition) is 3. The highest BCUT2D eigenvalue weighted by Gasteiger charge is 2.38. The number of rotatable bonds is 3. The summed E-state index contributed by atoms with van der Waals surface area (Å²) in [7, 11) is 1.11. The van der Waals surface area contributed by atoms with Crippen LogP contribution in [0.4, 0.5) is 22.0 Å². The van der Waals surface area contributed by atoms with E-state index in [0.717, 1.165) is 7.11 Å². The molecule has 1 aromatic rings. The van der Waals surface area contributed by atoms with Crippen LogP contribution in [0.3, 0.4) is 0 Å². The number of ether oxygens (including phenoxy) is 1. The summed E-state index contributed by atoms with van der Waals surface area (Å²) in [6.07, 6.45) is -8.25. The van der Waals surface area contributed by atoms with Crippen molar-refractivity contribution in [2.45, 2.75) is 19.1 Å². The molecular formula is C9H9F5N2O. The van der Waals surface area contributed by atoms with Gasteiger partial charge in [-0.2, -0.15) is 13.2 Å². The molecule has 2 N–H and O–H groups in total. The summed E-state index contributed by atoms with van der Waals surface area (Å²) in [5.41, 5.74) is 2.20. The zero-order chi connectivity index (χ0) is 13.2. The van der Waals surface area contributed by atoms with Crippen molar-refractivity contribution in [3.63, 3.8) is 0 Å². The third-order valence-corrected chi connectivity index (χ3v) is 2.02. The van der Waals surface area contributed by atoms with Crippen molar-refractivity contribution in [2.24, 2.45) is 5.73 Å². The van der Waals surface area contributed by atoms with Gasteiger partial charge in [-0.1, -0.05) is 0 Å². The summed E-state index contributed by atoms with van der Waals surface area (Å²) in [4.78, 5) is 3.21. The molecule has 0 aliphatic heterocycles.